The van der Waals surface area contributed by atoms with Gasteiger partial charge in [0.1, 0.15) is 11.9 Å². The molecule has 0 aliphatic heterocycles. The molecule has 0 radical (unpaired) electrons. The molecule has 1 aliphatic carbocycles. The first kappa shape index (κ1) is 12.7. The maximum atomic E-state index is 12.5. The highest BCUT2D eigenvalue weighted by Crippen LogP contribution is 2.21. The van der Waals surface area contributed by atoms with E-state index < -0.39 is 6.04 Å². The van der Waals surface area contributed by atoms with Crippen LogP contribution in [0.5, 0.6) is 0 Å². The van der Waals surface area contributed by atoms with E-state index in [-0.39, 0.29) is 17.5 Å². The molecule has 1 unspecified atom stereocenters. The lowest BCUT2D eigenvalue weighted by Gasteiger charge is -2.18. The van der Waals surface area contributed by atoms with Crippen LogP contribution in [0.4, 0.5) is 5.82 Å². The summed E-state index contributed by atoms with van der Waals surface area (Å²) in [5.41, 5.74) is 5.73. The number of nitrogens with zero attached hydrogens (tertiary/aromatic N) is 1. The Morgan fingerprint density at radius 2 is 2.10 bits per heavy atom. The second-order valence-electron chi connectivity index (χ2n) is 5.29. The van der Waals surface area contributed by atoms with Crippen LogP contribution in [-0.2, 0) is 4.79 Å². The van der Waals surface area contributed by atoms with E-state index in [0.717, 1.165) is 18.2 Å². The number of fused-ring (bicyclic) bond motifs is 1. The van der Waals surface area contributed by atoms with Crippen LogP contribution >= 0.6 is 0 Å². The Morgan fingerprint density at radius 3 is 2.80 bits per heavy atom. The minimum Gasteiger partial charge on any atom is -0.385 e. The van der Waals surface area contributed by atoms with E-state index >= 15 is 0 Å². The fourth-order valence-corrected chi connectivity index (χ4v) is 2.36. The van der Waals surface area contributed by atoms with E-state index in [1.165, 1.54) is 4.57 Å². The van der Waals surface area contributed by atoms with Gasteiger partial charge in [-0.05, 0) is 37.3 Å². The molecule has 1 heterocycles. The molecule has 1 aromatic carbocycles. The molecule has 20 heavy (non-hydrogen) atoms. The average molecular weight is 271 g/mol. The second kappa shape index (κ2) is 4.67. The van der Waals surface area contributed by atoms with Gasteiger partial charge in [-0.25, -0.2) is 0 Å². The number of amides is 1. The SMILES string of the molecule is CC(C(=O)NC1CC1)n1c(N)cc2ccccc2c1=O. The average Bonchev–Trinajstić information content (AvgIpc) is 3.22. The van der Waals surface area contributed by atoms with Crippen molar-refractivity contribution < 1.29 is 4.79 Å². The lowest BCUT2D eigenvalue weighted by Crippen LogP contribution is -2.37. The maximum Gasteiger partial charge on any atom is 0.260 e. The lowest BCUT2D eigenvalue weighted by atomic mass is 10.1. The molecule has 0 saturated heterocycles. The van der Waals surface area contributed by atoms with Crippen LogP contribution in [0, 0.1) is 0 Å². The van der Waals surface area contributed by atoms with Gasteiger partial charge in [-0.1, -0.05) is 18.2 Å². The van der Waals surface area contributed by atoms with E-state index in [2.05, 4.69) is 5.32 Å². The van der Waals surface area contributed by atoms with Crippen molar-refractivity contribution in [2.75, 3.05) is 5.73 Å². The van der Waals surface area contributed by atoms with E-state index in [1.54, 1.807) is 25.1 Å². The number of nitrogen functional groups attached to an aromatic ring is 1. The Balaban J connectivity index is 2.05. The smallest absolute Gasteiger partial charge is 0.260 e. The fraction of sp³-hybridized carbons (Fsp3) is 0.333. The monoisotopic (exact) mass is 271 g/mol. The van der Waals surface area contributed by atoms with Gasteiger partial charge in [0.05, 0.1) is 0 Å². The van der Waals surface area contributed by atoms with Crippen molar-refractivity contribution in [1.82, 2.24) is 9.88 Å². The molecule has 5 nitrogen and oxygen atoms in total. The van der Waals surface area contributed by atoms with Gasteiger partial charge in [0, 0.05) is 11.4 Å². The van der Waals surface area contributed by atoms with Crippen molar-refractivity contribution in [1.29, 1.82) is 0 Å². The highest BCUT2D eigenvalue weighted by Gasteiger charge is 2.27. The molecule has 1 aromatic heterocycles. The first-order chi connectivity index (χ1) is 9.58. The predicted octanol–water partition coefficient (Wildman–Crippen LogP) is 1.42. The van der Waals surface area contributed by atoms with E-state index in [1.807, 2.05) is 12.1 Å². The van der Waals surface area contributed by atoms with E-state index in [4.69, 9.17) is 5.73 Å². The topological polar surface area (TPSA) is 77.1 Å². The van der Waals surface area contributed by atoms with Crippen molar-refractivity contribution in [3.05, 3.63) is 40.7 Å². The lowest BCUT2D eigenvalue weighted by molar-refractivity contribution is -0.124. The zero-order valence-corrected chi connectivity index (χ0v) is 11.3. The Bertz CT molecular complexity index is 731. The molecule has 3 N–H and O–H groups in total. The number of carbonyl (C=O) groups is 1. The molecule has 1 atom stereocenters. The van der Waals surface area contributed by atoms with Crippen LogP contribution in [0.2, 0.25) is 0 Å². The van der Waals surface area contributed by atoms with Crippen molar-refractivity contribution in [3.63, 3.8) is 0 Å². The van der Waals surface area contributed by atoms with Gasteiger partial charge < -0.3 is 11.1 Å². The molecular weight excluding hydrogens is 254 g/mol. The van der Waals surface area contributed by atoms with Crippen LogP contribution in [0.15, 0.2) is 35.1 Å². The second-order valence-corrected chi connectivity index (χ2v) is 5.29. The fourth-order valence-electron chi connectivity index (χ4n) is 2.36. The van der Waals surface area contributed by atoms with Gasteiger partial charge in [-0.15, -0.1) is 0 Å². The molecular formula is C15H17N3O2. The summed E-state index contributed by atoms with van der Waals surface area (Å²) in [6, 6.07) is 8.65. The van der Waals surface area contributed by atoms with Crippen LogP contribution in [-0.4, -0.2) is 16.5 Å². The Morgan fingerprint density at radius 1 is 1.40 bits per heavy atom. The van der Waals surface area contributed by atoms with E-state index in [9.17, 15) is 9.59 Å². The van der Waals surface area contributed by atoms with Gasteiger partial charge in [0.2, 0.25) is 5.91 Å². The van der Waals surface area contributed by atoms with Crippen molar-refractivity contribution in [2.45, 2.75) is 31.8 Å². The molecule has 5 heteroatoms. The zero-order chi connectivity index (χ0) is 14.3. The quantitative estimate of drug-likeness (QED) is 0.886. The molecule has 1 amide bonds. The molecule has 104 valence electrons. The molecule has 3 rings (SSSR count). The summed E-state index contributed by atoms with van der Waals surface area (Å²) >= 11 is 0. The minimum atomic E-state index is -0.604. The van der Waals surface area contributed by atoms with Crippen molar-refractivity contribution in [3.8, 4) is 0 Å². The van der Waals surface area contributed by atoms with Crippen molar-refractivity contribution >= 4 is 22.5 Å². The third kappa shape index (κ3) is 2.15. The summed E-state index contributed by atoms with van der Waals surface area (Å²) in [5, 5.41) is 4.27. The van der Waals surface area contributed by atoms with Gasteiger partial charge in [-0.3, -0.25) is 14.2 Å². The number of carbonyl (C=O) groups excluding carboxylic acids is 1. The number of rotatable bonds is 3. The van der Waals surface area contributed by atoms with Crippen LogP contribution in [0.1, 0.15) is 25.8 Å². The number of anilines is 1. The van der Waals surface area contributed by atoms with Crippen LogP contribution in [0.3, 0.4) is 0 Å². The minimum absolute atomic E-state index is 0.156. The largest absolute Gasteiger partial charge is 0.385 e. The summed E-state index contributed by atoms with van der Waals surface area (Å²) < 4.78 is 1.36. The molecule has 1 fully saturated rings. The number of hydrogen-bond donors (Lipinski definition) is 2. The number of nitrogens with two attached hydrogens (primary N) is 1. The van der Waals surface area contributed by atoms with Crippen LogP contribution in [0.25, 0.3) is 10.8 Å². The van der Waals surface area contributed by atoms with Gasteiger partial charge in [0.15, 0.2) is 0 Å². The number of nitrogens with one attached hydrogen (secondary N) is 1. The third-order valence-electron chi connectivity index (χ3n) is 3.68. The standard InChI is InChI=1S/C15H17N3O2/c1-9(14(19)17-11-6-7-11)18-13(16)8-10-4-2-3-5-12(10)15(18)20/h2-5,8-9,11H,6-7,16H2,1H3,(H,17,19). The number of pyridine rings is 1. The normalized spacial score (nSPS) is 16.1. The Labute approximate surface area is 116 Å². The summed E-state index contributed by atoms with van der Waals surface area (Å²) in [7, 11) is 0. The Hall–Kier alpha value is -2.30. The number of aromatic nitrogens is 1. The first-order valence-electron chi connectivity index (χ1n) is 6.78. The summed E-state index contributed by atoms with van der Waals surface area (Å²) in [6.07, 6.45) is 2.03. The van der Waals surface area contributed by atoms with Crippen LogP contribution < -0.4 is 16.6 Å². The molecule has 1 aliphatic rings. The summed E-state index contributed by atoms with van der Waals surface area (Å²) in [6.45, 7) is 1.70. The maximum absolute atomic E-state index is 12.5. The third-order valence-corrected chi connectivity index (χ3v) is 3.68. The molecule has 1 saturated carbocycles. The zero-order valence-electron chi connectivity index (χ0n) is 11.3. The van der Waals surface area contributed by atoms with Gasteiger partial charge in [-0.2, -0.15) is 0 Å². The Kier molecular flexibility index (Phi) is 2.97. The van der Waals surface area contributed by atoms with Gasteiger partial charge in [0.25, 0.3) is 5.56 Å². The molecule has 0 spiro atoms. The summed E-state index contributed by atoms with van der Waals surface area (Å²) in [4.78, 5) is 24.6. The number of benzene rings is 1. The predicted molar refractivity (Wildman–Crippen MR) is 78.5 cm³/mol. The summed E-state index contributed by atoms with van der Waals surface area (Å²) in [5.74, 6) is 0.156. The van der Waals surface area contributed by atoms with Crippen molar-refractivity contribution in [2.24, 2.45) is 0 Å². The first-order valence-corrected chi connectivity index (χ1v) is 6.78. The highest BCUT2D eigenvalue weighted by molar-refractivity contribution is 5.86. The number of hydrogen-bond acceptors (Lipinski definition) is 3. The van der Waals surface area contributed by atoms with E-state index in [0.29, 0.717) is 11.2 Å². The molecule has 2 aromatic rings. The molecule has 0 bridgehead atoms. The highest BCUT2D eigenvalue weighted by atomic mass is 16.2. The van der Waals surface area contributed by atoms with Gasteiger partial charge >= 0.3 is 0 Å².